The molecule has 0 amide bonds. The number of hydrogen-bond donors (Lipinski definition) is 0. The predicted molar refractivity (Wildman–Crippen MR) is 141 cm³/mol. The van der Waals surface area contributed by atoms with Gasteiger partial charge in [0.2, 0.25) is 0 Å². The van der Waals surface area contributed by atoms with Crippen LogP contribution in [0, 0.1) is 6.92 Å². The average Bonchev–Trinajstić information content (AvgIpc) is 3.34. The van der Waals surface area contributed by atoms with Gasteiger partial charge in [0, 0.05) is 17.7 Å². The van der Waals surface area contributed by atoms with Gasteiger partial charge in [-0.1, -0.05) is 17.7 Å². The average molecular weight is 503 g/mol. The molecule has 2 unspecified atom stereocenters. The molecule has 36 heavy (non-hydrogen) atoms. The second-order valence-corrected chi connectivity index (χ2v) is 10.2. The lowest BCUT2D eigenvalue weighted by molar-refractivity contribution is -0.0362. The molecule has 0 N–H and O–H groups in total. The maximum Gasteiger partial charge on any atom is 0.332 e. The van der Waals surface area contributed by atoms with Crippen molar-refractivity contribution in [2.45, 2.75) is 42.5 Å². The monoisotopic (exact) mass is 502 g/mol. The molecule has 3 aromatic carbocycles. The molecule has 2 atom stereocenters. The van der Waals surface area contributed by atoms with Crippen LogP contribution in [0.15, 0.2) is 82.8 Å². The predicted octanol–water partition coefficient (Wildman–Crippen LogP) is 6.41. The van der Waals surface area contributed by atoms with Gasteiger partial charge in [0.1, 0.15) is 23.4 Å². The minimum atomic E-state index is -1.49. The van der Waals surface area contributed by atoms with Gasteiger partial charge in [-0.05, 0) is 86.8 Å². The van der Waals surface area contributed by atoms with Crippen molar-refractivity contribution in [1.82, 2.24) is 9.55 Å². The van der Waals surface area contributed by atoms with Crippen LogP contribution in [0.2, 0.25) is 0 Å². The van der Waals surface area contributed by atoms with E-state index in [0.29, 0.717) is 16.7 Å². The molecule has 4 aromatic rings. The first-order chi connectivity index (χ1) is 17.6. The topological polar surface area (TPSA) is 68.6 Å². The SMILES string of the molecule is COc1ccc(-c2nc([S+]([O-])c3ccc(C)cc3)n(C3CCCCO3)c2-c2ccc(OC)cc2)cc1. The molecule has 0 saturated carbocycles. The molecule has 186 valence electrons. The molecule has 5 rings (SSSR count). The van der Waals surface area contributed by atoms with Crippen molar-refractivity contribution in [2.75, 3.05) is 20.8 Å². The van der Waals surface area contributed by atoms with Gasteiger partial charge < -0.3 is 18.8 Å². The molecule has 0 aliphatic carbocycles. The van der Waals surface area contributed by atoms with Crippen molar-refractivity contribution in [3.63, 3.8) is 0 Å². The van der Waals surface area contributed by atoms with E-state index in [4.69, 9.17) is 19.2 Å². The Bertz CT molecular complexity index is 1300. The molecule has 1 aliphatic rings. The lowest BCUT2D eigenvalue weighted by Gasteiger charge is -2.27. The maximum atomic E-state index is 14.0. The number of aromatic nitrogens is 2. The zero-order chi connectivity index (χ0) is 25.1. The number of benzene rings is 3. The molecule has 1 aliphatic heterocycles. The van der Waals surface area contributed by atoms with Gasteiger partial charge in [-0.25, -0.2) is 0 Å². The first-order valence-electron chi connectivity index (χ1n) is 12.1. The summed E-state index contributed by atoms with van der Waals surface area (Å²) in [6.45, 7) is 2.69. The molecular weight excluding hydrogens is 472 g/mol. The quantitative estimate of drug-likeness (QED) is 0.273. The highest BCUT2D eigenvalue weighted by Crippen LogP contribution is 2.41. The summed E-state index contributed by atoms with van der Waals surface area (Å²) in [5.41, 5.74) is 4.62. The standard InChI is InChI=1S/C29H30N2O4S/c1-20-7-17-25(18-8-20)36(32)29-30-27(21-9-13-23(33-2)14-10-21)28(22-11-15-24(34-3)16-12-22)31(29)26-6-4-5-19-35-26/h7-18,26H,4-6,19H2,1-3H3. The largest absolute Gasteiger partial charge is 0.604 e. The summed E-state index contributed by atoms with van der Waals surface area (Å²) in [6, 6.07) is 23.5. The van der Waals surface area contributed by atoms with Crippen LogP contribution < -0.4 is 9.47 Å². The van der Waals surface area contributed by atoms with E-state index in [1.165, 1.54) is 0 Å². The highest BCUT2D eigenvalue weighted by molar-refractivity contribution is 7.91. The Morgan fingerprint density at radius 3 is 2.03 bits per heavy atom. The summed E-state index contributed by atoms with van der Waals surface area (Å²) in [5.74, 6) is 1.54. The van der Waals surface area contributed by atoms with Crippen LogP contribution in [0.1, 0.15) is 31.1 Å². The summed E-state index contributed by atoms with van der Waals surface area (Å²) in [4.78, 5) is 5.75. The zero-order valence-corrected chi connectivity index (χ0v) is 21.6. The summed E-state index contributed by atoms with van der Waals surface area (Å²) in [5, 5.41) is 0.488. The fourth-order valence-corrected chi connectivity index (χ4v) is 5.64. The van der Waals surface area contributed by atoms with E-state index in [2.05, 4.69) is 4.57 Å². The fourth-order valence-electron chi connectivity index (χ4n) is 4.48. The van der Waals surface area contributed by atoms with E-state index in [0.717, 1.165) is 58.8 Å². The van der Waals surface area contributed by atoms with Crippen LogP contribution in [0.3, 0.4) is 0 Å². The molecule has 6 nitrogen and oxygen atoms in total. The Labute approximate surface area is 215 Å². The lowest BCUT2D eigenvalue weighted by atomic mass is 10.0. The summed E-state index contributed by atoms with van der Waals surface area (Å²) < 4.78 is 33.0. The van der Waals surface area contributed by atoms with Crippen LogP contribution in [-0.2, 0) is 15.9 Å². The molecule has 0 spiro atoms. The van der Waals surface area contributed by atoms with E-state index >= 15 is 0 Å². The van der Waals surface area contributed by atoms with Gasteiger partial charge in [-0.2, -0.15) is 4.98 Å². The normalized spacial score (nSPS) is 16.5. The number of hydrogen-bond acceptors (Lipinski definition) is 5. The summed E-state index contributed by atoms with van der Waals surface area (Å²) in [7, 11) is 3.30. The Morgan fingerprint density at radius 1 is 0.861 bits per heavy atom. The van der Waals surface area contributed by atoms with Crippen molar-refractivity contribution in [3.05, 3.63) is 78.4 Å². The molecular formula is C29H30N2O4S. The Morgan fingerprint density at radius 2 is 1.47 bits per heavy atom. The molecule has 1 aromatic heterocycles. The van der Waals surface area contributed by atoms with Crippen molar-refractivity contribution in [1.29, 1.82) is 0 Å². The van der Waals surface area contributed by atoms with Crippen LogP contribution in [-0.4, -0.2) is 34.9 Å². The molecule has 7 heteroatoms. The Kier molecular flexibility index (Phi) is 7.32. The lowest BCUT2D eigenvalue weighted by Crippen LogP contribution is -2.23. The summed E-state index contributed by atoms with van der Waals surface area (Å²) >= 11 is -1.49. The van der Waals surface area contributed by atoms with Crippen molar-refractivity contribution in [2.24, 2.45) is 0 Å². The second kappa shape index (κ2) is 10.8. The van der Waals surface area contributed by atoms with Crippen LogP contribution in [0.5, 0.6) is 11.5 Å². The van der Waals surface area contributed by atoms with E-state index < -0.39 is 11.2 Å². The first kappa shape index (κ1) is 24.4. The van der Waals surface area contributed by atoms with Crippen molar-refractivity contribution < 1.29 is 18.8 Å². The van der Waals surface area contributed by atoms with E-state index in [-0.39, 0.29) is 6.23 Å². The number of nitrogens with zero attached hydrogens (tertiary/aromatic N) is 2. The van der Waals surface area contributed by atoms with Gasteiger partial charge in [-0.15, -0.1) is 0 Å². The van der Waals surface area contributed by atoms with Crippen LogP contribution >= 0.6 is 0 Å². The smallest absolute Gasteiger partial charge is 0.332 e. The molecule has 1 saturated heterocycles. The highest BCUT2D eigenvalue weighted by atomic mass is 32.2. The van der Waals surface area contributed by atoms with Gasteiger partial charge in [0.25, 0.3) is 0 Å². The molecule has 0 radical (unpaired) electrons. The molecule has 1 fully saturated rings. The minimum Gasteiger partial charge on any atom is -0.604 e. The van der Waals surface area contributed by atoms with Gasteiger partial charge in [0.15, 0.2) is 4.90 Å². The highest BCUT2D eigenvalue weighted by Gasteiger charge is 2.34. The fraction of sp³-hybridized carbons (Fsp3) is 0.276. The third kappa shape index (κ3) is 4.87. The number of methoxy groups -OCH3 is 2. The van der Waals surface area contributed by atoms with Crippen LogP contribution in [0.25, 0.3) is 22.5 Å². The third-order valence-electron chi connectivity index (χ3n) is 6.45. The summed E-state index contributed by atoms with van der Waals surface area (Å²) in [6.07, 6.45) is 2.64. The second-order valence-electron chi connectivity index (χ2n) is 8.82. The van der Waals surface area contributed by atoms with Gasteiger partial charge >= 0.3 is 5.16 Å². The zero-order valence-electron chi connectivity index (χ0n) is 20.8. The van der Waals surface area contributed by atoms with Crippen molar-refractivity contribution in [3.8, 4) is 34.0 Å². The molecule has 0 bridgehead atoms. The van der Waals surface area contributed by atoms with Gasteiger partial charge in [-0.3, -0.25) is 4.57 Å². The molecule has 2 heterocycles. The Hall–Kier alpha value is -3.26. The van der Waals surface area contributed by atoms with E-state index in [1.807, 2.05) is 79.7 Å². The number of rotatable bonds is 7. The minimum absolute atomic E-state index is 0.250. The van der Waals surface area contributed by atoms with Crippen LogP contribution in [0.4, 0.5) is 0 Å². The van der Waals surface area contributed by atoms with E-state index in [9.17, 15) is 4.55 Å². The Balaban J connectivity index is 1.74. The number of aryl methyl sites for hydroxylation is 1. The van der Waals surface area contributed by atoms with Gasteiger partial charge in [0.05, 0.1) is 31.1 Å². The first-order valence-corrected chi connectivity index (χ1v) is 13.2. The van der Waals surface area contributed by atoms with Crippen molar-refractivity contribution >= 4 is 11.2 Å². The number of ether oxygens (including phenoxy) is 3. The maximum absolute atomic E-state index is 14.0. The number of imidazole rings is 1. The third-order valence-corrected chi connectivity index (χ3v) is 7.77. The van der Waals surface area contributed by atoms with E-state index in [1.54, 1.807) is 14.2 Å².